The van der Waals surface area contributed by atoms with Crippen molar-refractivity contribution in [3.8, 4) is 12.3 Å². The van der Waals surface area contributed by atoms with Crippen LogP contribution in [0.2, 0.25) is 19.6 Å². The fourth-order valence-corrected chi connectivity index (χ4v) is 2.17. The van der Waals surface area contributed by atoms with Gasteiger partial charge < -0.3 is 4.43 Å². The second kappa shape index (κ2) is 5.20. The molecule has 90 valence electrons. The summed E-state index contributed by atoms with van der Waals surface area (Å²) in [5.74, 6) is 2.34. The van der Waals surface area contributed by atoms with Crippen LogP contribution in [0.4, 0.5) is 0 Å². The van der Waals surface area contributed by atoms with E-state index in [4.69, 9.17) is 10.8 Å². The summed E-state index contributed by atoms with van der Waals surface area (Å²) in [6, 6.07) is 5.41. The Balaban J connectivity index is 3.06. The molecule has 0 radical (unpaired) electrons. The normalized spacial score (nSPS) is 10.8. The maximum Gasteiger partial charge on any atom is 0.325 e. The van der Waals surface area contributed by atoms with Crippen LogP contribution in [0.1, 0.15) is 28.4 Å². The highest BCUT2D eigenvalue weighted by Crippen LogP contribution is 2.16. The van der Waals surface area contributed by atoms with Gasteiger partial charge in [0, 0.05) is 5.56 Å². The van der Waals surface area contributed by atoms with E-state index < -0.39 is 8.32 Å². The molecule has 0 aliphatic carbocycles. The van der Waals surface area contributed by atoms with Crippen molar-refractivity contribution < 1.29 is 9.22 Å². The highest BCUT2D eigenvalue weighted by atomic mass is 28.4. The lowest BCUT2D eigenvalue weighted by Gasteiger charge is -2.18. The number of hydrogen-bond donors (Lipinski definition) is 0. The van der Waals surface area contributed by atoms with Crippen LogP contribution in [0.3, 0.4) is 0 Å². The summed E-state index contributed by atoms with van der Waals surface area (Å²) in [6.45, 7) is 7.98. The number of carbonyl (C=O) groups is 1. The minimum atomic E-state index is -1.85. The van der Waals surface area contributed by atoms with Crippen LogP contribution >= 0.6 is 0 Å². The molecule has 0 aromatic heterocycles. The number of benzene rings is 1. The molecule has 0 atom stereocenters. The van der Waals surface area contributed by atoms with Gasteiger partial charge in [0.1, 0.15) is 0 Å². The molecule has 0 unspecified atom stereocenters. The van der Waals surface area contributed by atoms with Crippen molar-refractivity contribution in [1.82, 2.24) is 0 Å². The minimum Gasteiger partial charge on any atom is -0.516 e. The van der Waals surface area contributed by atoms with E-state index in [2.05, 4.69) is 5.92 Å². The lowest BCUT2D eigenvalue weighted by atomic mass is 10.0. The quantitative estimate of drug-likeness (QED) is 0.604. The van der Waals surface area contributed by atoms with E-state index in [1.54, 1.807) is 12.1 Å². The Morgan fingerprint density at radius 3 is 2.53 bits per heavy atom. The van der Waals surface area contributed by atoms with Crippen molar-refractivity contribution >= 4 is 14.3 Å². The second-order valence-electron chi connectivity index (χ2n) is 4.87. The van der Waals surface area contributed by atoms with E-state index in [-0.39, 0.29) is 5.97 Å². The second-order valence-corrected chi connectivity index (χ2v) is 9.30. The van der Waals surface area contributed by atoms with Gasteiger partial charge in [-0.3, -0.25) is 0 Å². The molecule has 0 bridgehead atoms. The monoisotopic (exact) mass is 246 g/mol. The molecule has 0 aliphatic rings. The van der Waals surface area contributed by atoms with Gasteiger partial charge in [0.15, 0.2) is 0 Å². The number of terminal acetylenes is 1. The number of carbonyl (C=O) groups excluding carboxylic acids is 1. The topological polar surface area (TPSA) is 26.3 Å². The van der Waals surface area contributed by atoms with Crippen LogP contribution in [0.15, 0.2) is 18.2 Å². The van der Waals surface area contributed by atoms with E-state index in [0.717, 1.165) is 17.5 Å². The molecule has 17 heavy (non-hydrogen) atoms. The number of hydrogen-bond acceptors (Lipinski definition) is 2. The fourth-order valence-electron chi connectivity index (χ4n) is 1.51. The van der Waals surface area contributed by atoms with Gasteiger partial charge in [-0.1, -0.05) is 12.8 Å². The molecular formula is C14H18O2Si. The average Bonchev–Trinajstić information content (AvgIpc) is 2.25. The van der Waals surface area contributed by atoms with Crippen LogP contribution in [-0.2, 0) is 10.8 Å². The third-order valence-corrected chi connectivity index (χ3v) is 3.07. The number of rotatable bonds is 3. The largest absolute Gasteiger partial charge is 0.516 e. The van der Waals surface area contributed by atoms with E-state index in [1.165, 1.54) is 0 Å². The van der Waals surface area contributed by atoms with Crippen LogP contribution in [-0.4, -0.2) is 14.3 Å². The van der Waals surface area contributed by atoms with Crippen molar-refractivity contribution in [3.05, 3.63) is 34.9 Å². The zero-order valence-electron chi connectivity index (χ0n) is 10.8. The SMILES string of the molecule is C#Cc1ccc(C(=O)O[Si](C)(C)C)c(CC)c1. The van der Waals surface area contributed by atoms with E-state index >= 15 is 0 Å². The third kappa shape index (κ3) is 3.76. The van der Waals surface area contributed by atoms with Gasteiger partial charge in [0.2, 0.25) is 8.32 Å². The Bertz CT molecular complexity index is 464. The van der Waals surface area contributed by atoms with Crippen molar-refractivity contribution in [2.24, 2.45) is 0 Å². The van der Waals surface area contributed by atoms with Gasteiger partial charge >= 0.3 is 5.97 Å². The summed E-state index contributed by atoms with van der Waals surface area (Å²) >= 11 is 0. The number of aryl methyl sites for hydroxylation is 1. The van der Waals surface area contributed by atoms with Gasteiger partial charge in [-0.05, 0) is 49.8 Å². The molecule has 2 nitrogen and oxygen atoms in total. The predicted octanol–water partition coefficient (Wildman–Crippen LogP) is 3.22. The molecule has 0 spiro atoms. The maximum absolute atomic E-state index is 12.0. The van der Waals surface area contributed by atoms with Crippen LogP contribution < -0.4 is 0 Å². The molecular weight excluding hydrogens is 228 g/mol. The van der Waals surface area contributed by atoms with Crippen LogP contribution in [0, 0.1) is 12.3 Å². The molecule has 0 aliphatic heterocycles. The summed E-state index contributed by atoms with van der Waals surface area (Å²) in [6.07, 6.45) is 6.11. The van der Waals surface area contributed by atoms with Gasteiger partial charge in [-0.15, -0.1) is 6.42 Å². The van der Waals surface area contributed by atoms with E-state index in [1.807, 2.05) is 32.6 Å². The Labute approximate surface area is 104 Å². The van der Waals surface area contributed by atoms with Gasteiger partial charge in [-0.2, -0.15) is 0 Å². The first-order valence-electron chi connectivity index (χ1n) is 5.70. The first-order chi connectivity index (χ1) is 7.87. The Morgan fingerprint density at radius 1 is 1.41 bits per heavy atom. The Hall–Kier alpha value is -1.53. The molecule has 1 aromatic carbocycles. The summed E-state index contributed by atoms with van der Waals surface area (Å²) < 4.78 is 5.49. The summed E-state index contributed by atoms with van der Waals surface area (Å²) in [4.78, 5) is 12.0. The standard InChI is InChI=1S/C14H18O2Si/c1-6-11-8-9-13(12(7-2)10-11)14(15)16-17(3,4)5/h1,8-10H,7H2,2-5H3. The van der Waals surface area contributed by atoms with Crippen LogP contribution in [0.5, 0.6) is 0 Å². The molecule has 0 amide bonds. The average molecular weight is 246 g/mol. The van der Waals surface area contributed by atoms with Crippen molar-refractivity contribution in [2.45, 2.75) is 33.0 Å². The Morgan fingerprint density at radius 2 is 2.06 bits per heavy atom. The molecule has 0 fully saturated rings. The van der Waals surface area contributed by atoms with E-state index in [9.17, 15) is 4.79 Å². The molecule has 0 saturated carbocycles. The summed E-state index contributed by atoms with van der Waals surface area (Å²) in [5.41, 5.74) is 2.38. The highest BCUT2D eigenvalue weighted by molar-refractivity contribution is 6.71. The molecule has 0 heterocycles. The Kier molecular flexibility index (Phi) is 4.14. The smallest absolute Gasteiger partial charge is 0.325 e. The van der Waals surface area contributed by atoms with Gasteiger partial charge in [0.05, 0.1) is 5.56 Å². The van der Waals surface area contributed by atoms with Gasteiger partial charge in [0.25, 0.3) is 0 Å². The van der Waals surface area contributed by atoms with Crippen molar-refractivity contribution in [3.63, 3.8) is 0 Å². The summed E-state index contributed by atoms with van der Waals surface area (Å²) in [5, 5.41) is 0. The van der Waals surface area contributed by atoms with Gasteiger partial charge in [-0.25, -0.2) is 4.79 Å². The van der Waals surface area contributed by atoms with Crippen LogP contribution in [0.25, 0.3) is 0 Å². The minimum absolute atomic E-state index is 0.232. The molecule has 1 aromatic rings. The zero-order valence-corrected chi connectivity index (χ0v) is 11.8. The zero-order chi connectivity index (χ0) is 13.1. The highest BCUT2D eigenvalue weighted by Gasteiger charge is 2.22. The lowest BCUT2D eigenvalue weighted by Crippen LogP contribution is -2.29. The fraction of sp³-hybridized carbons (Fsp3) is 0.357. The first-order valence-corrected chi connectivity index (χ1v) is 9.11. The molecule has 3 heteroatoms. The molecule has 0 saturated heterocycles. The maximum atomic E-state index is 12.0. The van der Waals surface area contributed by atoms with E-state index in [0.29, 0.717) is 5.56 Å². The summed E-state index contributed by atoms with van der Waals surface area (Å²) in [7, 11) is -1.85. The first kappa shape index (κ1) is 13.5. The van der Waals surface area contributed by atoms with Crippen molar-refractivity contribution in [2.75, 3.05) is 0 Å². The lowest BCUT2D eigenvalue weighted by molar-refractivity contribution is 0.0723. The van der Waals surface area contributed by atoms with Crippen molar-refractivity contribution in [1.29, 1.82) is 0 Å². The molecule has 1 rings (SSSR count). The third-order valence-electron chi connectivity index (χ3n) is 2.27. The molecule has 0 N–H and O–H groups in total. The predicted molar refractivity (Wildman–Crippen MR) is 72.5 cm³/mol.